The number of esters is 1. The summed E-state index contributed by atoms with van der Waals surface area (Å²) in [6.45, 7) is 2.86. The summed E-state index contributed by atoms with van der Waals surface area (Å²) in [5.41, 5.74) is 6.39. The van der Waals surface area contributed by atoms with Crippen LogP contribution >= 0.6 is 0 Å². The van der Waals surface area contributed by atoms with Crippen molar-refractivity contribution < 1.29 is 9.53 Å². The molecule has 0 bridgehead atoms. The average molecular weight is 280 g/mol. The van der Waals surface area contributed by atoms with Crippen molar-refractivity contribution in [2.75, 3.05) is 26.4 Å². The number of nitrogens with zero attached hydrogens (tertiary/aromatic N) is 3. The molecule has 1 fully saturated rings. The number of nitrogens with two attached hydrogens (primary N) is 1. The van der Waals surface area contributed by atoms with E-state index in [0.717, 1.165) is 19.4 Å². The van der Waals surface area contributed by atoms with E-state index in [1.54, 1.807) is 13.3 Å². The van der Waals surface area contributed by atoms with Gasteiger partial charge in [0.25, 0.3) is 0 Å². The fraction of sp³-hybridized carbons (Fsp3) is 0.714. The lowest BCUT2D eigenvalue weighted by Gasteiger charge is -2.36. The summed E-state index contributed by atoms with van der Waals surface area (Å²) < 4.78 is 6.83. The molecule has 2 rings (SSSR count). The summed E-state index contributed by atoms with van der Waals surface area (Å²) in [5.74, 6) is -0.0503. The van der Waals surface area contributed by atoms with Gasteiger partial charge in [-0.1, -0.05) is 12.8 Å². The average Bonchev–Trinajstić information content (AvgIpc) is 3.00. The van der Waals surface area contributed by atoms with Crippen molar-refractivity contribution in [3.05, 3.63) is 12.0 Å². The van der Waals surface area contributed by atoms with Crippen LogP contribution in [0.25, 0.3) is 0 Å². The molecule has 0 unspecified atom stereocenters. The molecule has 112 valence electrons. The predicted molar refractivity (Wildman–Crippen MR) is 77.5 cm³/mol. The van der Waals surface area contributed by atoms with Crippen molar-refractivity contribution in [3.8, 4) is 0 Å². The molecule has 1 saturated carbocycles. The Labute approximate surface area is 119 Å². The van der Waals surface area contributed by atoms with E-state index in [2.05, 4.69) is 24.0 Å². The van der Waals surface area contributed by atoms with Gasteiger partial charge in [-0.2, -0.15) is 0 Å². The zero-order chi connectivity index (χ0) is 14.8. The molecule has 6 heteroatoms. The molecule has 20 heavy (non-hydrogen) atoms. The molecule has 1 aromatic rings. The highest BCUT2D eigenvalue weighted by atomic mass is 16.5. The Kier molecular flexibility index (Phi) is 4.32. The van der Waals surface area contributed by atoms with E-state index in [1.807, 2.05) is 4.57 Å². The highest BCUT2D eigenvalue weighted by Gasteiger charge is 2.37. The lowest BCUT2D eigenvalue weighted by atomic mass is 9.96. The number of likely N-dealkylation sites (N-methyl/N-ethyl adjacent to an activating group) is 1. The van der Waals surface area contributed by atoms with Gasteiger partial charge in [0.2, 0.25) is 0 Å². The first-order valence-electron chi connectivity index (χ1n) is 7.15. The second-order valence-electron chi connectivity index (χ2n) is 5.65. The molecular weight excluding hydrogens is 256 g/mol. The molecule has 0 saturated heterocycles. The van der Waals surface area contributed by atoms with Gasteiger partial charge in [0.05, 0.1) is 12.9 Å². The topological polar surface area (TPSA) is 73.4 Å². The molecule has 0 aromatic carbocycles. The lowest BCUT2D eigenvalue weighted by Crippen LogP contribution is -2.45. The predicted octanol–water partition coefficient (Wildman–Crippen LogP) is 1.52. The molecule has 6 nitrogen and oxygen atoms in total. The Morgan fingerprint density at radius 1 is 1.50 bits per heavy atom. The third kappa shape index (κ3) is 2.65. The summed E-state index contributed by atoms with van der Waals surface area (Å²) in [6.07, 6.45) is 6.40. The van der Waals surface area contributed by atoms with Crippen LogP contribution in [0.1, 0.15) is 43.1 Å². The normalized spacial score (nSPS) is 17.6. The molecule has 1 aliphatic rings. The summed E-state index contributed by atoms with van der Waals surface area (Å²) in [5, 5.41) is 0. The van der Waals surface area contributed by atoms with Crippen LogP contribution in [0.4, 0.5) is 5.82 Å². The quantitative estimate of drug-likeness (QED) is 0.828. The largest absolute Gasteiger partial charge is 0.461 e. The van der Waals surface area contributed by atoms with E-state index in [0.29, 0.717) is 12.4 Å². The Balaban J connectivity index is 2.20. The highest BCUT2D eigenvalue weighted by Crippen LogP contribution is 2.35. The number of hydrogen-bond acceptors (Lipinski definition) is 5. The summed E-state index contributed by atoms with van der Waals surface area (Å²) in [7, 11) is 4.20. The summed E-state index contributed by atoms with van der Waals surface area (Å²) in [6, 6.07) is 0. The lowest BCUT2D eigenvalue weighted by molar-refractivity contribution is 0.0521. The van der Waals surface area contributed by atoms with Gasteiger partial charge in [-0.3, -0.25) is 0 Å². The van der Waals surface area contributed by atoms with E-state index in [4.69, 9.17) is 10.5 Å². The van der Waals surface area contributed by atoms with Crippen molar-refractivity contribution >= 4 is 11.8 Å². The van der Waals surface area contributed by atoms with Gasteiger partial charge in [0, 0.05) is 12.1 Å². The van der Waals surface area contributed by atoms with Gasteiger partial charge in [-0.05, 0) is 33.9 Å². The molecule has 0 amide bonds. The van der Waals surface area contributed by atoms with Crippen LogP contribution in [0.15, 0.2) is 6.33 Å². The van der Waals surface area contributed by atoms with Gasteiger partial charge in [-0.15, -0.1) is 0 Å². The first kappa shape index (κ1) is 14.8. The number of ether oxygens (including phenoxy) is 1. The second kappa shape index (κ2) is 5.83. The molecule has 1 aliphatic carbocycles. The van der Waals surface area contributed by atoms with Crippen LogP contribution in [0, 0.1) is 0 Å². The summed E-state index contributed by atoms with van der Waals surface area (Å²) in [4.78, 5) is 18.1. The van der Waals surface area contributed by atoms with E-state index in [1.165, 1.54) is 12.8 Å². The van der Waals surface area contributed by atoms with E-state index < -0.39 is 5.97 Å². The fourth-order valence-corrected chi connectivity index (χ4v) is 2.97. The Bertz CT molecular complexity index is 476. The van der Waals surface area contributed by atoms with Crippen molar-refractivity contribution in [1.82, 2.24) is 14.5 Å². The van der Waals surface area contributed by atoms with Gasteiger partial charge in [0.1, 0.15) is 5.82 Å². The van der Waals surface area contributed by atoms with Crippen molar-refractivity contribution in [2.24, 2.45) is 0 Å². The minimum atomic E-state index is -0.450. The molecule has 0 atom stereocenters. The third-order valence-corrected chi connectivity index (χ3v) is 4.29. The molecule has 0 radical (unpaired) electrons. The maximum Gasteiger partial charge on any atom is 0.360 e. The van der Waals surface area contributed by atoms with Crippen LogP contribution in [-0.2, 0) is 11.3 Å². The van der Waals surface area contributed by atoms with E-state index >= 15 is 0 Å². The van der Waals surface area contributed by atoms with Crippen LogP contribution in [0.3, 0.4) is 0 Å². The minimum Gasteiger partial charge on any atom is -0.461 e. The molecular formula is C14H24N4O2. The first-order chi connectivity index (χ1) is 9.50. The zero-order valence-corrected chi connectivity index (χ0v) is 12.6. The molecule has 1 heterocycles. The second-order valence-corrected chi connectivity index (χ2v) is 5.65. The Morgan fingerprint density at radius 3 is 2.70 bits per heavy atom. The van der Waals surface area contributed by atoms with Gasteiger partial charge < -0.3 is 19.9 Å². The number of aromatic nitrogens is 2. The smallest absolute Gasteiger partial charge is 0.360 e. The van der Waals surface area contributed by atoms with Crippen molar-refractivity contribution in [2.45, 2.75) is 44.7 Å². The van der Waals surface area contributed by atoms with E-state index in [-0.39, 0.29) is 11.2 Å². The summed E-state index contributed by atoms with van der Waals surface area (Å²) >= 11 is 0. The number of carbonyl (C=O) groups excluding carboxylic acids is 1. The highest BCUT2D eigenvalue weighted by molar-refractivity contribution is 5.92. The van der Waals surface area contributed by atoms with Crippen molar-refractivity contribution in [1.29, 1.82) is 0 Å². The number of anilines is 1. The maximum atomic E-state index is 11.7. The minimum absolute atomic E-state index is 0.112. The number of imidazole rings is 1. The van der Waals surface area contributed by atoms with Crippen LogP contribution in [0.2, 0.25) is 0 Å². The van der Waals surface area contributed by atoms with Crippen LogP contribution < -0.4 is 5.73 Å². The van der Waals surface area contributed by atoms with Gasteiger partial charge >= 0.3 is 5.97 Å². The third-order valence-electron chi connectivity index (χ3n) is 4.29. The van der Waals surface area contributed by atoms with Gasteiger partial charge in [-0.25, -0.2) is 9.78 Å². The van der Waals surface area contributed by atoms with Gasteiger partial charge in [0.15, 0.2) is 5.69 Å². The van der Waals surface area contributed by atoms with Crippen molar-refractivity contribution in [3.63, 3.8) is 0 Å². The number of rotatable bonds is 5. The molecule has 0 spiro atoms. The number of carbonyl (C=O) groups is 1. The Morgan fingerprint density at radius 2 is 2.15 bits per heavy atom. The maximum absolute atomic E-state index is 11.7. The zero-order valence-electron chi connectivity index (χ0n) is 12.6. The van der Waals surface area contributed by atoms with E-state index in [9.17, 15) is 4.79 Å². The number of nitrogen functional groups attached to an aromatic ring is 1. The molecule has 1 aromatic heterocycles. The van der Waals surface area contributed by atoms with Crippen LogP contribution in [0.5, 0.6) is 0 Å². The number of hydrogen-bond donors (Lipinski definition) is 1. The first-order valence-corrected chi connectivity index (χ1v) is 7.15. The molecule has 2 N–H and O–H groups in total. The monoisotopic (exact) mass is 280 g/mol. The Hall–Kier alpha value is -1.56. The standard InChI is InChI=1S/C14H24N4O2/c1-4-20-13(19)11-12(15)18(10-16-11)9-14(17(2)3)7-5-6-8-14/h10H,4-9,15H2,1-3H3. The molecule has 0 aliphatic heterocycles. The SMILES string of the molecule is CCOC(=O)c1ncn(CC2(N(C)C)CCCC2)c1N. The fourth-order valence-electron chi connectivity index (χ4n) is 2.97. The van der Waals surface area contributed by atoms with Crippen LogP contribution in [-0.4, -0.2) is 46.7 Å².